The van der Waals surface area contributed by atoms with E-state index in [1.807, 2.05) is 0 Å². The Kier molecular flexibility index (Phi) is 13.6. The highest BCUT2D eigenvalue weighted by Gasteiger charge is 2.54. The van der Waals surface area contributed by atoms with Crippen molar-refractivity contribution in [2.24, 2.45) is 0 Å². The van der Waals surface area contributed by atoms with Crippen LogP contribution >= 0.6 is 0 Å². The predicted molar refractivity (Wildman–Crippen MR) is 206 cm³/mol. The third-order valence-electron chi connectivity index (χ3n) is 8.75. The molecule has 10 heteroatoms. The van der Waals surface area contributed by atoms with Gasteiger partial charge in [-0.15, -0.1) is 0 Å². The highest BCUT2D eigenvalue weighted by molar-refractivity contribution is 5.91. The van der Waals surface area contributed by atoms with Gasteiger partial charge in [0.1, 0.15) is 18.5 Å². The Morgan fingerprint density at radius 2 is 1.00 bits per heavy atom. The van der Waals surface area contributed by atoms with Gasteiger partial charge in [-0.1, -0.05) is 110 Å². The van der Waals surface area contributed by atoms with Crippen molar-refractivity contribution < 1.29 is 47.6 Å². The number of carbonyl (C=O) groups is 4. The van der Waals surface area contributed by atoms with Crippen LogP contribution in [-0.2, 0) is 23.7 Å². The summed E-state index contributed by atoms with van der Waals surface area (Å²) in [6.45, 7) is 1.60. The van der Waals surface area contributed by atoms with Gasteiger partial charge in [0.15, 0.2) is 12.2 Å². The van der Waals surface area contributed by atoms with E-state index in [-0.39, 0.29) is 28.0 Å². The van der Waals surface area contributed by atoms with Crippen LogP contribution in [-0.4, -0.2) is 61.2 Å². The number of carbonyl (C=O) groups excluding carboxylic acids is 4. The molecule has 0 radical (unpaired) electrons. The summed E-state index contributed by atoms with van der Waals surface area (Å²) < 4.78 is 37.1. The average Bonchev–Trinajstić information content (AvgIpc) is 3.25. The summed E-state index contributed by atoms with van der Waals surface area (Å²) in [7, 11) is 0. The molecule has 0 amide bonds. The normalized spacial score (nSPS) is 18.6. The van der Waals surface area contributed by atoms with Crippen LogP contribution in [0.15, 0.2) is 146 Å². The minimum absolute atomic E-state index is 0.178. The van der Waals surface area contributed by atoms with Gasteiger partial charge >= 0.3 is 23.9 Å². The lowest BCUT2D eigenvalue weighted by atomic mass is 9.97. The number of benzene rings is 5. The summed E-state index contributed by atoms with van der Waals surface area (Å²) in [5.41, 5.74) is 1.36. The van der Waals surface area contributed by atoms with Crippen LogP contribution in [0.1, 0.15) is 73.2 Å². The van der Waals surface area contributed by atoms with E-state index in [9.17, 15) is 19.2 Å². The fourth-order valence-corrected chi connectivity index (χ4v) is 5.84. The van der Waals surface area contributed by atoms with Crippen LogP contribution in [0.5, 0.6) is 5.75 Å². The lowest BCUT2D eigenvalue weighted by molar-refractivity contribution is -0.275. The Bertz CT molecular complexity index is 2130. The van der Waals surface area contributed by atoms with Gasteiger partial charge in [0, 0.05) is 6.42 Å². The molecule has 1 saturated heterocycles. The largest absolute Gasteiger partial charge is 0.459 e. The fraction of sp³-hybridized carbons (Fsp3) is 0.217. The number of esters is 4. The first-order valence-corrected chi connectivity index (χ1v) is 18.3. The van der Waals surface area contributed by atoms with Crippen LogP contribution in [0.4, 0.5) is 0 Å². The molecule has 1 heterocycles. The fourth-order valence-electron chi connectivity index (χ4n) is 5.84. The number of ether oxygens (including phenoxy) is 6. The van der Waals surface area contributed by atoms with Crippen LogP contribution in [0, 0.1) is 11.8 Å². The molecule has 6 rings (SSSR count). The topological polar surface area (TPSA) is 124 Å². The zero-order valence-corrected chi connectivity index (χ0v) is 30.7. The molecule has 284 valence electrons. The molecular weight excluding hydrogens is 712 g/mol. The van der Waals surface area contributed by atoms with Gasteiger partial charge in [-0.2, -0.15) is 0 Å². The van der Waals surface area contributed by atoms with Crippen molar-refractivity contribution in [3.8, 4) is 17.6 Å². The molecule has 0 aromatic heterocycles. The van der Waals surface area contributed by atoms with Crippen LogP contribution in [0.3, 0.4) is 0 Å². The highest BCUT2D eigenvalue weighted by atomic mass is 16.7. The van der Waals surface area contributed by atoms with Crippen LogP contribution in [0.25, 0.3) is 0 Å². The number of hydrogen-bond acceptors (Lipinski definition) is 10. The van der Waals surface area contributed by atoms with E-state index in [4.69, 9.17) is 28.4 Å². The summed E-state index contributed by atoms with van der Waals surface area (Å²) in [5, 5.41) is 0. The first kappa shape index (κ1) is 39.0. The number of para-hydroxylation sites is 1. The molecule has 5 aromatic rings. The van der Waals surface area contributed by atoms with Gasteiger partial charge in [0.05, 0.1) is 27.8 Å². The lowest BCUT2D eigenvalue weighted by Crippen LogP contribution is -2.64. The van der Waals surface area contributed by atoms with Crippen LogP contribution in [0.2, 0.25) is 0 Å². The summed E-state index contributed by atoms with van der Waals surface area (Å²) in [4.78, 5) is 54.7. The van der Waals surface area contributed by atoms with E-state index in [0.29, 0.717) is 12.0 Å². The molecule has 1 aliphatic rings. The van der Waals surface area contributed by atoms with E-state index in [0.717, 1.165) is 12.8 Å². The molecule has 10 nitrogen and oxygen atoms in total. The monoisotopic (exact) mass is 752 g/mol. The second-order valence-corrected chi connectivity index (χ2v) is 12.7. The minimum atomic E-state index is -1.55. The second kappa shape index (κ2) is 19.6. The van der Waals surface area contributed by atoms with Gasteiger partial charge in [0.2, 0.25) is 12.4 Å². The number of hydrogen-bond donors (Lipinski definition) is 0. The van der Waals surface area contributed by atoms with Gasteiger partial charge < -0.3 is 28.4 Å². The lowest BCUT2D eigenvalue weighted by Gasteiger charge is -2.44. The van der Waals surface area contributed by atoms with Crippen molar-refractivity contribution in [3.63, 3.8) is 0 Å². The van der Waals surface area contributed by atoms with Crippen molar-refractivity contribution in [2.45, 2.75) is 56.9 Å². The molecule has 1 unspecified atom stereocenters. The Hall–Kier alpha value is -6.70. The molecule has 0 aliphatic carbocycles. The predicted octanol–water partition coefficient (Wildman–Crippen LogP) is 7.87. The Balaban J connectivity index is 1.44. The molecule has 0 N–H and O–H groups in total. The molecule has 1 aliphatic heterocycles. The van der Waals surface area contributed by atoms with E-state index in [2.05, 4.69) is 18.8 Å². The second-order valence-electron chi connectivity index (χ2n) is 12.7. The molecule has 1 fully saturated rings. The minimum Gasteiger partial charge on any atom is -0.459 e. The molecular formula is C46H40O10. The first-order valence-electron chi connectivity index (χ1n) is 18.3. The van der Waals surface area contributed by atoms with Gasteiger partial charge in [-0.25, -0.2) is 19.2 Å². The summed E-state index contributed by atoms with van der Waals surface area (Å²) >= 11 is 0. The summed E-state index contributed by atoms with van der Waals surface area (Å²) in [6.07, 6.45) is -4.81. The molecule has 56 heavy (non-hydrogen) atoms. The average molecular weight is 753 g/mol. The maximum absolute atomic E-state index is 13.9. The van der Waals surface area contributed by atoms with Crippen LogP contribution < -0.4 is 4.74 Å². The third kappa shape index (κ3) is 10.3. The molecule has 0 saturated carbocycles. The molecule has 0 bridgehead atoms. The van der Waals surface area contributed by atoms with Gasteiger partial charge in [0.25, 0.3) is 0 Å². The Morgan fingerprint density at radius 1 is 0.554 bits per heavy atom. The zero-order valence-electron chi connectivity index (χ0n) is 30.7. The van der Waals surface area contributed by atoms with Crippen molar-refractivity contribution in [2.75, 3.05) is 6.61 Å². The van der Waals surface area contributed by atoms with E-state index >= 15 is 0 Å². The number of unbranched alkanes of at least 4 members (excludes halogenated alkanes) is 2. The van der Waals surface area contributed by atoms with Crippen molar-refractivity contribution in [1.82, 2.24) is 0 Å². The van der Waals surface area contributed by atoms with E-state index in [1.54, 1.807) is 146 Å². The Labute approximate surface area is 325 Å². The van der Waals surface area contributed by atoms with Crippen molar-refractivity contribution in [3.05, 3.63) is 173 Å². The Morgan fingerprint density at radius 3 is 1.52 bits per heavy atom. The van der Waals surface area contributed by atoms with E-state index < -0.39 is 61.2 Å². The van der Waals surface area contributed by atoms with Gasteiger partial charge in [-0.3, -0.25) is 0 Å². The molecule has 5 atom stereocenters. The molecule has 0 spiro atoms. The SMILES string of the molecule is CCCCC#Cc1ccccc1OC1O[C@H](COC(=O)c2ccccc2)[C@@H](OC(=O)c2ccccc2)[C@H](OC(=O)c2ccccc2)[C@H]1OC(=O)c1ccccc1. The smallest absolute Gasteiger partial charge is 0.338 e. The van der Waals surface area contributed by atoms with Crippen molar-refractivity contribution in [1.29, 1.82) is 0 Å². The highest BCUT2D eigenvalue weighted by Crippen LogP contribution is 2.33. The maximum Gasteiger partial charge on any atom is 0.338 e. The standard InChI is InChI=1S/C46H40O10/c1-2-3-4-9-20-32-21-18-19-30-37(32)52-46-41(56-45(50)36-28-16-8-17-29-36)40(55-44(49)35-26-14-7-15-27-35)39(54-43(48)34-24-12-6-13-25-34)38(53-46)31-51-42(47)33-22-10-5-11-23-33/h5-8,10-19,21-30,38-41,46H,2-4,31H2,1H3/t38-,39-,40+,41-,46?/m1/s1. The van der Waals surface area contributed by atoms with Crippen molar-refractivity contribution >= 4 is 23.9 Å². The summed E-state index contributed by atoms with van der Waals surface area (Å²) in [5.74, 6) is 3.53. The zero-order chi connectivity index (χ0) is 39.1. The van der Waals surface area contributed by atoms with E-state index in [1.165, 1.54) is 0 Å². The maximum atomic E-state index is 13.9. The summed E-state index contributed by atoms with van der Waals surface area (Å²) in [6, 6.07) is 39.9. The quantitative estimate of drug-likeness (QED) is 0.0508. The molecule has 5 aromatic carbocycles. The number of rotatable bonds is 13. The van der Waals surface area contributed by atoms with Gasteiger partial charge in [-0.05, 0) is 67.1 Å². The first-order chi connectivity index (χ1) is 27.4. The third-order valence-corrected chi connectivity index (χ3v) is 8.75.